The largest absolute Gasteiger partial charge is 0.388 e. The SMILES string of the molecule is CC(C)NCCCOCC(O)COC(C)C. The van der Waals surface area contributed by atoms with E-state index in [1.165, 1.54) is 0 Å². The lowest BCUT2D eigenvalue weighted by Gasteiger charge is -2.14. The average Bonchev–Trinajstić information content (AvgIpc) is 2.19. The molecule has 0 rings (SSSR count). The molecule has 0 aliphatic carbocycles. The summed E-state index contributed by atoms with van der Waals surface area (Å²) in [5, 5.41) is 12.8. The number of nitrogens with one attached hydrogen (secondary N) is 1. The quantitative estimate of drug-likeness (QED) is 0.556. The summed E-state index contributed by atoms with van der Waals surface area (Å²) >= 11 is 0. The van der Waals surface area contributed by atoms with Crippen LogP contribution in [0.5, 0.6) is 0 Å². The molecule has 0 aromatic heterocycles. The monoisotopic (exact) mass is 233 g/mol. The molecule has 0 aromatic rings. The van der Waals surface area contributed by atoms with Crippen molar-refractivity contribution in [3.8, 4) is 0 Å². The molecule has 0 spiro atoms. The Morgan fingerprint density at radius 1 is 1.12 bits per heavy atom. The van der Waals surface area contributed by atoms with Gasteiger partial charge < -0.3 is 19.9 Å². The second kappa shape index (κ2) is 10.0. The third-order valence-corrected chi connectivity index (χ3v) is 1.95. The summed E-state index contributed by atoms with van der Waals surface area (Å²) < 4.78 is 10.6. The van der Waals surface area contributed by atoms with E-state index >= 15 is 0 Å². The molecule has 4 heteroatoms. The van der Waals surface area contributed by atoms with Gasteiger partial charge in [-0.25, -0.2) is 0 Å². The van der Waals surface area contributed by atoms with Crippen LogP contribution in [-0.2, 0) is 9.47 Å². The third-order valence-electron chi connectivity index (χ3n) is 1.95. The molecule has 0 amide bonds. The van der Waals surface area contributed by atoms with Crippen LogP contribution in [0.3, 0.4) is 0 Å². The van der Waals surface area contributed by atoms with Crippen LogP contribution in [0.15, 0.2) is 0 Å². The first kappa shape index (κ1) is 15.8. The Kier molecular flexibility index (Phi) is 9.92. The Bertz CT molecular complexity index is 151. The number of aliphatic hydroxyl groups is 1. The predicted octanol–water partition coefficient (Wildman–Crippen LogP) is 1.18. The first-order valence-electron chi connectivity index (χ1n) is 6.13. The summed E-state index contributed by atoms with van der Waals surface area (Å²) in [6, 6.07) is 0.519. The van der Waals surface area contributed by atoms with Crippen molar-refractivity contribution in [2.75, 3.05) is 26.4 Å². The molecule has 0 aromatic carbocycles. The standard InChI is InChI=1S/C12H27NO3/c1-10(2)13-6-5-7-15-8-12(14)9-16-11(3)4/h10-14H,5-9H2,1-4H3. The maximum Gasteiger partial charge on any atom is 0.101 e. The molecule has 0 aliphatic rings. The molecular formula is C12H27NO3. The van der Waals surface area contributed by atoms with Gasteiger partial charge in [-0.1, -0.05) is 13.8 Å². The Morgan fingerprint density at radius 3 is 2.38 bits per heavy atom. The fourth-order valence-electron chi connectivity index (χ4n) is 1.14. The van der Waals surface area contributed by atoms with Gasteiger partial charge in [0.05, 0.1) is 19.3 Å². The van der Waals surface area contributed by atoms with Gasteiger partial charge in [0.25, 0.3) is 0 Å². The van der Waals surface area contributed by atoms with Crippen LogP contribution in [0.1, 0.15) is 34.1 Å². The smallest absolute Gasteiger partial charge is 0.101 e. The predicted molar refractivity (Wildman–Crippen MR) is 65.7 cm³/mol. The maximum absolute atomic E-state index is 9.48. The van der Waals surface area contributed by atoms with E-state index in [4.69, 9.17) is 9.47 Å². The Labute approximate surface area is 99.3 Å². The van der Waals surface area contributed by atoms with Crippen molar-refractivity contribution in [3.63, 3.8) is 0 Å². The van der Waals surface area contributed by atoms with Crippen molar-refractivity contribution in [1.29, 1.82) is 0 Å². The van der Waals surface area contributed by atoms with E-state index in [1.54, 1.807) is 0 Å². The number of hydrogen-bond donors (Lipinski definition) is 2. The van der Waals surface area contributed by atoms with Gasteiger partial charge in [-0.15, -0.1) is 0 Å². The van der Waals surface area contributed by atoms with Crippen LogP contribution in [0.25, 0.3) is 0 Å². The summed E-state index contributed by atoms with van der Waals surface area (Å²) in [6.45, 7) is 10.5. The van der Waals surface area contributed by atoms with Crippen molar-refractivity contribution >= 4 is 0 Å². The fraction of sp³-hybridized carbons (Fsp3) is 1.00. The number of hydrogen-bond acceptors (Lipinski definition) is 4. The highest BCUT2D eigenvalue weighted by Crippen LogP contribution is 1.93. The third kappa shape index (κ3) is 11.9. The molecule has 4 nitrogen and oxygen atoms in total. The molecule has 2 N–H and O–H groups in total. The minimum Gasteiger partial charge on any atom is -0.388 e. The van der Waals surface area contributed by atoms with E-state index < -0.39 is 6.10 Å². The van der Waals surface area contributed by atoms with Gasteiger partial charge >= 0.3 is 0 Å². The van der Waals surface area contributed by atoms with E-state index in [0.717, 1.165) is 13.0 Å². The highest BCUT2D eigenvalue weighted by molar-refractivity contribution is 4.54. The van der Waals surface area contributed by atoms with Gasteiger partial charge in [0.2, 0.25) is 0 Å². The summed E-state index contributed by atoms with van der Waals surface area (Å²) in [5.74, 6) is 0. The first-order valence-corrected chi connectivity index (χ1v) is 6.13. The summed E-state index contributed by atoms with van der Waals surface area (Å²) in [5.41, 5.74) is 0. The topological polar surface area (TPSA) is 50.7 Å². The first-order chi connectivity index (χ1) is 7.52. The molecular weight excluding hydrogens is 206 g/mol. The van der Waals surface area contributed by atoms with Gasteiger partial charge in [0.15, 0.2) is 0 Å². The fourth-order valence-corrected chi connectivity index (χ4v) is 1.14. The molecule has 1 atom stereocenters. The summed E-state index contributed by atoms with van der Waals surface area (Å²) in [6.07, 6.45) is 0.612. The lowest BCUT2D eigenvalue weighted by molar-refractivity contribution is -0.0356. The van der Waals surface area contributed by atoms with E-state index in [9.17, 15) is 5.11 Å². The lowest BCUT2D eigenvalue weighted by atomic mass is 10.3. The Morgan fingerprint density at radius 2 is 1.81 bits per heavy atom. The van der Waals surface area contributed by atoms with Gasteiger partial charge in [-0.3, -0.25) is 0 Å². The molecule has 0 saturated heterocycles. The number of rotatable bonds is 10. The van der Waals surface area contributed by atoms with Crippen molar-refractivity contribution in [3.05, 3.63) is 0 Å². The van der Waals surface area contributed by atoms with Crippen molar-refractivity contribution in [2.45, 2.75) is 52.4 Å². The van der Waals surface area contributed by atoms with Crippen LogP contribution in [0.2, 0.25) is 0 Å². The van der Waals surface area contributed by atoms with E-state index in [0.29, 0.717) is 25.9 Å². The van der Waals surface area contributed by atoms with Crippen LogP contribution in [0, 0.1) is 0 Å². The van der Waals surface area contributed by atoms with Crippen molar-refractivity contribution in [2.24, 2.45) is 0 Å². The highest BCUT2D eigenvalue weighted by atomic mass is 16.5. The molecule has 0 heterocycles. The zero-order chi connectivity index (χ0) is 12.4. The van der Waals surface area contributed by atoms with E-state index in [-0.39, 0.29) is 6.10 Å². The summed E-state index contributed by atoms with van der Waals surface area (Å²) in [4.78, 5) is 0. The normalized spacial score (nSPS) is 13.7. The zero-order valence-corrected chi connectivity index (χ0v) is 11.0. The second-order valence-corrected chi connectivity index (χ2v) is 4.57. The molecule has 0 bridgehead atoms. The molecule has 16 heavy (non-hydrogen) atoms. The van der Waals surface area contributed by atoms with Crippen LogP contribution >= 0.6 is 0 Å². The maximum atomic E-state index is 9.48. The Hall–Kier alpha value is -0.160. The number of aliphatic hydroxyl groups excluding tert-OH is 1. The lowest BCUT2D eigenvalue weighted by Crippen LogP contribution is -2.26. The molecule has 0 aliphatic heterocycles. The number of ether oxygens (including phenoxy) is 2. The van der Waals surface area contributed by atoms with E-state index in [1.807, 2.05) is 13.8 Å². The van der Waals surface area contributed by atoms with Gasteiger partial charge in [-0.05, 0) is 26.8 Å². The molecule has 1 unspecified atom stereocenters. The molecule has 0 radical (unpaired) electrons. The van der Waals surface area contributed by atoms with Crippen LogP contribution < -0.4 is 5.32 Å². The van der Waals surface area contributed by atoms with Crippen molar-refractivity contribution in [1.82, 2.24) is 5.32 Å². The summed E-state index contributed by atoms with van der Waals surface area (Å²) in [7, 11) is 0. The van der Waals surface area contributed by atoms with E-state index in [2.05, 4.69) is 19.2 Å². The Balaban J connectivity index is 3.18. The molecule has 0 saturated carbocycles. The van der Waals surface area contributed by atoms with Crippen LogP contribution in [-0.4, -0.2) is 49.7 Å². The molecule has 0 fully saturated rings. The van der Waals surface area contributed by atoms with Gasteiger partial charge in [0, 0.05) is 12.6 Å². The minimum atomic E-state index is -0.513. The average molecular weight is 233 g/mol. The highest BCUT2D eigenvalue weighted by Gasteiger charge is 2.05. The van der Waals surface area contributed by atoms with Gasteiger partial charge in [0.1, 0.15) is 6.10 Å². The van der Waals surface area contributed by atoms with Crippen molar-refractivity contribution < 1.29 is 14.6 Å². The zero-order valence-electron chi connectivity index (χ0n) is 11.0. The van der Waals surface area contributed by atoms with Crippen LogP contribution in [0.4, 0.5) is 0 Å². The molecule has 98 valence electrons. The minimum absolute atomic E-state index is 0.157. The van der Waals surface area contributed by atoms with Gasteiger partial charge in [-0.2, -0.15) is 0 Å². The second-order valence-electron chi connectivity index (χ2n) is 4.57.